The molecule has 25 heavy (non-hydrogen) atoms. The van der Waals surface area contributed by atoms with Gasteiger partial charge in [-0.2, -0.15) is 0 Å². The fourth-order valence-electron chi connectivity index (χ4n) is 3.71. The highest BCUT2D eigenvalue weighted by atomic mass is 32.1. The van der Waals surface area contributed by atoms with E-state index < -0.39 is 0 Å². The van der Waals surface area contributed by atoms with Crippen LogP contribution in [0.1, 0.15) is 30.2 Å². The summed E-state index contributed by atoms with van der Waals surface area (Å²) in [7, 11) is 0. The molecular formula is C19H17FN4S. The lowest BCUT2D eigenvalue weighted by Crippen LogP contribution is -2.11. The third-order valence-corrected chi connectivity index (χ3v) is 6.33. The average Bonchev–Trinajstić information content (AvgIpc) is 3.22. The molecule has 126 valence electrons. The minimum Gasteiger partial charge on any atom is -0.225 e. The fourth-order valence-corrected chi connectivity index (χ4v) is 5.01. The van der Waals surface area contributed by atoms with Crippen molar-refractivity contribution in [2.75, 3.05) is 0 Å². The summed E-state index contributed by atoms with van der Waals surface area (Å²) in [5.41, 5.74) is 3.08. The van der Waals surface area contributed by atoms with Crippen LogP contribution in [0.25, 0.3) is 27.3 Å². The minimum atomic E-state index is -0.256. The van der Waals surface area contributed by atoms with Crippen LogP contribution >= 0.6 is 11.3 Å². The first-order chi connectivity index (χ1) is 12.2. The van der Waals surface area contributed by atoms with Crippen molar-refractivity contribution in [3.05, 3.63) is 46.9 Å². The Kier molecular flexibility index (Phi) is 3.35. The lowest BCUT2D eigenvalue weighted by Gasteiger charge is -2.20. The van der Waals surface area contributed by atoms with E-state index in [2.05, 4.69) is 17.0 Å². The molecule has 1 atom stereocenters. The number of nitrogens with zero attached hydrogens (tertiary/aromatic N) is 4. The van der Waals surface area contributed by atoms with Crippen LogP contribution in [0.15, 0.2) is 30.6 Å². The number of thiophene rings is 1. The largest absolute Gasteiger partial charge is 0.225 e. The smallest absolute Gasteiger partial charge is 0.182 e. The van der Waals surface area contributed by atoms with E-state index in [1.165, 1.54) is 35.4 Å². The van der Waals surface area contributed by atoms with Gasteiger partial charge in [-0.25, -0.2) is 18.9 Å². The topological polar surface area (TPSA) is 43.1 Å². The van der Waals surface area contributed by atoms with Gasteiger partial charge in [0.05, 0.1) is 5.39 Å². The lowest BCUT2D eigenvalue weighted by molar-refractivity contribution is 0.451. The number of benzene rings is 1. The van der Waals surface area contributed by atoms with E-state index in [-0.39, 0.29) is 5.82 Å². The Morgan fingerprint density at radius 3 is 2.92 bits per heavy atom. The second kappa shape index (κ2) is 5.59. The van der Waals surface area contributed by atoms with Crippen LogP contribution in [-0.2, 0) is 12.8 Å². The predicted molar refractivity (Wildman–Crippen MR) is 97.4 cm³/mol. The first-order valence-corrected chi connectivity index (χ1v) is 9.46. The van der Waals surface area contributed by atoms with Crippen molar-refractivity contribution in [1.82, 2.24) is 19.6 Å². The van der Waals surface area contributed by atoms with E-state index in [1.807, 2.05) is 0 Å². The highest BCUT2D eigenvalue weighted by Crippen LogP contribution is 2.39. The molecule has 0 spiro atoms. The summed E-state index contributed by atoms with van der Waals surface area (Å²) in [4.78, 5) is 11.9. The molecule has 6 heteroatoms. The number of aryl methyl sites for hydroxylation is 1. The Hall–Kier alpha value is -2.34. The summed E-state index contributed by atoms with van der Waals surface area (Å²) in [5.74, 6) is 1.13. The predicted octanol–water partition coefficient (Wildman–Crippen LogP) is 4.66. The SMILES string of the molecule is CCC1CCc2c(sc3ncn4nc(-c5ccc(F)cc5)nc4c23)C1. The molecule has 0 fully saturated rings. The first kappa shape index (κ1) is 15.0. The Bertz CT molecular complexity index is 1080. The maximum atomic E-state index is 13.2. The molecule has 0 amide bonds. The zero-order chi connectivity index (χ0) is 17.0. The average molecular weight is 352 g/mol. The third-order valence-electron chi connectivity index (χ3n) is 5.17. The zero-order valence-corrected chi connectivity index (χ0v) is 14.7. The van der Waals surface area contributed by atoms with Gasteiger partial charge in [-0.1, -0.05) is 13.3 Å². The van der Waals surface area contributed by atoms with Crippen molar-refractivity contribution in [2.45, 2.75) is 32.6 Å². The summed E-state index contributed by atoms with van der Waals surface area (Å²) < 4.78 is 14.9. The van der Waals surface area contributed by atoms with E-state index in [4.69, 9.17) is 4.98 Å². The summed E-state index contributed by atoms with van der Waals surface area (Å²) in [6.45, 7) is 2.27. The highest BCUT2D eigenvalue weighted by molar-refractivity contribution is 7.19. The van der Waals surface area contributed by atoms with E-state index >= 15 is 0 Å². The molecule has 1 unspecified atom stereocenters. The van der Waals surface area contributed by atoms with Crippen LogP contribution in [0.5, 0.6) is 0 Å². The summed E-state index contributed by atoms with van der Waals surface area (Å²) >= 11 is 1.80. The van der Waals surface area contributed by atoms with Crippen LogP contribution < -0.4 is 0 Å². The highest BCUT2D eigenvalue weighted by Gasteiger charge is 2.24. The van der Waals surface area contributed by atoms with Gasteiger partial charge in [-0.15, -0.1) is 16.4 Å². The molecule has 0 saturated carbocycles. The van der Waals surface area contributed by atoms with E-state index in [0.717, 1.165) is 40.2 Å². The summed E-state index contributed by atoms with van der Waals surface area (Å²) in [6.07, 6.45) is 6.44. The number of aromatic nitrogens is 4. The van der Waals surface area contributed by atoms with Gasteiger partial charge < -0.3 is 0 Å². The molecular weight excluding hydrogens is 335 g/mol. The molecule has 0 saturated heterocycles. The number of rotatable bonds is 2. The number of hydrogen-bond donors (Lipinski definition) is 0. The van der Waals surface area contributed by atoms with E-state index in [0.29, 0.717) is 5.82 Å². The molecule has 1 aliphatic rings. The van der Waals surface area contributed by atoms with Crippen molar-refractivity contribution in [3.63, 3.8) is 0 Å². The molecule has 0 aliphatic heterocycles. The van der Waals surface area contributed by atoms with Gasteiger partial charge in [0, 0.05) is 10.4 Å². The van der Waals surface area contributed by atoms with Crippen LogP contribution in [-0.4, -0.2) is 19.6 Å². The third kappa shape index (κ3) is 2.35. The monoisotopic (exact) mass is 352 g/mol. The number of hydrogen-bond acceptors (Lipinski definition) is 4. The zero-order valence-electron chi connectivity index (χ0n) is 13.9. The molecule has 4 nitrogen and oxygen atoms in total. The number of fused-ring (bicyclic) bond motifs is 5. The molecule has 3 heterocycles. The number of halogens is 1. The molecule has 3 aromatic heterocycles. The van der Waals surface area contributed by atoms with Gasteiger partial charge in [0.1, 0.15) is 17.0 Å². The van der Waals surface area contributed by atoms with Gasteiger partial charge in [-0.3, -0.25) is 0 Å². The van der Waals surface area contributed by atoms with Gasteiger partial charge in [0.15, 0.2) is 11.5 Å². The van der Waals surface area contributed by atoms with Gasteiger partial charge in [-0.05, 0) is 55.0 Å². The maximum Gasteiger partial charge on any atom is 0.182 e. The normalized spacial score (nSPS) is 17.3. The standard InChI is InChI=1S/C19H17FN4S/c1-2-11-3-8-14-15(9-11)25-19-16(14)18-22-17(23-24(18)10-21-19)12-4-6-13(20)7-5-12/h4-7,10-11H,2-3,8-9H2,1H3. The molecule has 1 aromatic carbocycles. The van der Waals surface area contributed by atoms with Gasteiger partial charge in [0.2, 0.25) is 0 Å². The Labute approximate surface area is 148 Å². The molecule has 0 radical (unpaired) electrons. The van der Waals surface area contributed by atoms with E-state index in [9.17, 15) is 4.39 Å². The Morgan fingerprint density at radius 2 is 2.12 bits per heavy atom. The van der Waals surface area contributed by atoms with Crippen molar-refractivity contribution < 1.29 is 4.39 Å². The second-order valence-corrected chi connectivity index (χ2v) is 7.74. The molecule has 1 aliphatic carbocycles. The molecule has 0 N–H and O–H groups in total. The Morgan fingerprint density at radius 1 is 1.28 bits per heavy atom. The van der Waals surface area contributed by atoms with E-state index in [1.54, 1.807) is 34.3 Å². The Balaban J connectivity index is 1.70. The van der Waals surface area contributed by atoms with Gasteiger partial charge in [0.25, 0.3) is 0 Å². The molecule has 4 aromatic rings. The summed E-state index contributed by atoms with van der Waals surface area (Å²) in [6, 6.07) is 6.30. The quantitative estimate of drug-likeness (QED) is 0.527. The van der Waals surface area contributed by atoms with Crippen LogP contribution in [0.2, 0.25) is 0 Å². The molecule has 5 rings (SSSR count). The summed E-state index contributed by atoms with van der Waals surface area (Å²) in [5, 5.41) is 5.70. The van der Waals surface area contributed by atoms with Crippen LogP contribution in [0, 0.1) is 11.7 Å². The van der Waals surface area contributed by atoms with Crippen molar-refractivity contribution >= 4 is 27.2 Å². The van der Waals surface area contributed by atoms with Crippen molar-refractivity contribution in [3.8, 4) is 11.4 Å². The second-order valence-electron chi connectivity index (χ2n) is 6.66. The van der Waals surface area contributed by atoms with Crippen LogP contribution in [0.3, 0.4) is 0 Å². The van der Waals surface area contributed by atoms with Crippen LogP contribution in [0.4, 0.5) is 4.39 Å². The molecule has 0 bridgehead atoms. The van der Waals surface area contributed by atoms with Crippen molar-refractivity contribution in [2.24, 2.45) is 5.92 Å². The first-order valence-electron chi connectivity index (χ1n) is 8.64. The fraction of sp³-hybridized carbons (Fsp3) is 0.316. The maximum absolute atomic E-state index is 13.2. The lowest BCUT2D eigenvalue weighted by atomic mass is 9.86. The minimum absolute atomic E-state index is 0.256. The van der Waals surface area contributed by atoms with Gasteiger partial charge >= 0.3 is 0 Å². The van der Waals surface area contributed by atoms with Crippen molar-refractivity contribution in [1.29, 1.82) is 0 Å².